The standard InChI is InChI=1S/C11H13BF3O/c1-3-9(2)8-16-11-7-5-4-6-10(11)12(13,14)15/h4-7H,2-3,8H2,1H3/q-1. The molecule has 1 nitrogen and oxygen atoms in total. The smallest absolute Gasteiger partial charge is 0.492 e. The van der Waals surface area contributed by atoms with Crippen LogP contribution in [0.5, 0.6) is 5.75 Å². The summed E-state index contributed by atoms with van der Waals surface area (Å²) in [6.07, 6.45) is 0.694. The monoisotopic (exact) mass is 229 g/mol. The van der Waals surface area contributed by atoms with Crippen LogP contribution in [-0.4, -0.2) is 13.6 Å². The number of ether oxygens (including phenoxy) is 1. The average Bonchev–Trinajstić information content (AvgIpc) is 2.25. The van der Waals surface area contributed by atoms with E-state index < -0.39 is 12.4 Å². The fraction of sp³-hybridized carbons (Fsp3) is 0.273. The Labute approximate surface area is 93.0 Å². The van der Waals surface area contributed by atoms with Crippen molar-refractivity contribution in [2.75, 3.05) is 6.61 Å². The minimum Gasteiger partial charge on any atom is -0.492 e. The first-order valence-corrected chi connectivity index (χ1v) is 5.03. The molecule has 0 unspecified atom stereocenters. The van der Waals surface area contributed by atoms with Crippen LogP contribution in [0.3, 0.4) is 0 Å². The number of para-hydroxylation sites is 1. The minimum atomic E-state index is -5.03. The van der Waals surface area contributed by atoms with Crippen molar-refractivity contribution in [1.29, 1.82) is 0 Å². The van der Waals surface area contributed by atoms with Crippen LogP contribution in [0, 0.1) is 0 Å². The highest BCUT2D eigenvalue weighted by Crippen LogP contribution is 2.18. The number of hydrogen-bond acceptors (Lipinski definition) is 1. The lowest BCUT2D eigenvalue weighted by molar-refractivity contribution is 0.349. The quantitative estimate of drug-likeness (QED) is 0.556. The zero-order valence-electron chi connectivity index (χ0n) is 9.05. The van der Waals surface area contributed by atoms with E-state index >= 15 is 0 Å². The molecule has 0 aliphatic carbocycles. The summed E-state index contributed by atoms with van der Waals surface area (Å²) >= 11 is 0. The molecule has 0 amide bonds. The van der Waals surface area contributed by atoms with Gasteiger partial charge in [-0.1, -0.05) is 37.2 Å². The third-order valence-corrected chi connectivity index (χ3v) is 2.20. The maximum absolute atomic E-state index is 12.6. The van der Waals surface area contributed by atoms with Gasteiger partial charge in [-0.15, -0.1) is 0 Å². The summed E-state index contributed by atoms with van der Waals surface area (Å²) in [6.45, 7) is 0.656. The Morgan fingerprint density at radius 2 is 1.94 bits per heavy atom. The van der Waals surface area contributed by atoms with Crippen molar-refractivity contribution >= 4 is 12.4 Å². The first kappa shape index (κ1) is 12.7. The molecule has 0 bridgehead atoms. The molecular formula is C11H13BF3O-. The molecule has 0 saturated heterocycles. The van der Waals surface area contributed by atoms with Crippen LogP contribution in [0.25, 0.3) is 0 Å². The third-order valence-electron chi connectivity index (χ3n) is 2.20. The number of hydrogen-bond donors (Lipinski definition) is 0. The Hall–Kier alpha value is -1.39. The van der Waals surface area contributed by atoms with E-state index in [-0.39, 0.29) is 12.4 Å². The van der Waals surface area contributed by atoms with Crippen LogP contribution in [0.2, 0.25) is 0 Å². The predicted octanol–water partition coefficient (Wildman–Crippen LogP) is 3.09. The molecule has 1 rings (SSSR count). The Balaban J connectivity index is 2.84. The summed E-state index contributed by atoms with van der Waals surface area (Å²) < 4.78 is 43.0. The van der Waals surface area contributed by atoms with Gasteiger partial charge >= 0.3 is 6.98 Å². The fourth-order valence-electron chi connectivity index (χ4n) is 1.16. The van der Waals surface area contributed by atoms with Crippen molar-refractivity contribution in [3.63, 3.8) is 0 Å². The second-order valence-electron chi connectivity index (χ2n) is 3.50. The molecule has 0 fully saturated rings. The van der Waals surface area contributed by atoms with Gasteiger partial charge in [-0.25, -0.2) is 0 Å². The Kier molecular flexibility index (Phi) is 4.04. The molecule has 0 heterocycles. The molecule has 0 atom stereocenters. The van der Waals surface area contributed by atoms with Crippen molar-refractivity contribution in [2.24, 2.45) is 0 Å². The predicted molar refractivity (Wildman–Crippen MR) is 60.1 cm³/mol. The largest absolute Gasteiger partial charge is 0.513 e. The highest BCUT2D eigenvalue weighted by molar-refractivity contribution is 6.74. The van der Waals surface area contributed by atoms with Crippen LogP contribution in [0.4, 0.5) is 12.9 Å². The van der Waals surface area contributed by atoms with Crippen molar-refractivity contribution in [3.05, 3.63) is 36.4 Å². The molecule has 1 aromatic carbocycles. The van der Waals surface area contributed by atoms with E-state index in [1.54, 1.807) is 0 Å². The van der Waals surface area contributed by atoms with Gasteiger partial charge in [0.2, 0.25) is 0 Å². The second-order valence-corrected chi connectivity index (χ2v) is 3.50. The van der Waals surface area contributed by atoms with Gasteiger partial charge < -0.3 is 17.7 Å². The molecule has 1 aromatic rings. The fourth-order valence-corrected chi connectivity index (χ4v) is 1.16. The molecule has 0 aliphatic rings. The molecule has 0 saturated carbocycles. The van der Waals surface area contributed by atoms with Crippen LogP contribution >= 0.6 is 0 Å². The maximum Gasteiger partial charge on any atom is 0.513 e. The summed E-state index contributed by atoms with van der Waals surface area (Å²) in [5.74, 6) is -0.121. The molecule has 0 radical (unpaired) electrons. The van der Waals surface area contributed by atoms with E-state index in [1.807, 2.05) is 6.92 Å². The van der Waals surface area contributed by atoms with Crippen molar-refractivity contribution in [2.45, 2.75) is 13.3 Å². The first-order valence-electron chi connectivity index (χ1n) is 5.03. The molecule has 88 valence electrons. The summed E-state index contributed by atoms with van der Waals surface area (Å²) in [7, 11) is 0. The number of rotatable bonds is 5. The number of benzene rings is 1. The van der Waals surface area contributed by atoms with Crippen LogP contribution in [0.15, 0.2) is 36.4 Å². The maximum atomic E-state index is 12.6. The molecule has 0 aromatic heterocycles. The van der Waals surface area contributed by atoms with Gasteiger partial charge in [0.05, 0.1) is 5.75 Å². The first-order chi connectivity index (χ1) is 7.45. The van der Waals surface area contributed by atoms with Crippen LogP contribution in [-0.2, 0) is 0 Å². The third kappa shape index (κ3) is 3.33. The highest BCUT2D eigenvalue weighted by atomic mass is 19.4. The molecule has 0 N–H and O–H groups in total. The van der Waals surface area contributed by atoms with E-state index in [9.17, 15) is 12.9 Å². The Morgan fingerprint density at radius 1 is 1.31 bits per heavy atom. The molecule has 0 spiro atoms. The van der Waals surface area contributed by atoms with E-state index in [1.165, 1.54) is 18.2 Å². The summed E-state index contributed by atoms with van der Waals surface area (Å²) in [5, 5.41) is 0. The van der Waals surface area contributed by atoms with Gasteiger partial charge in [-0.05, 0) is 18.1 Å². The minimum absolute atomic E-state index is 0.121. The summed E-state index contributed by atoms with van der Waals surface area (Å²) in [6, 6.07) is 5.24. The Bertz CT molecular complexity index is 374. The molecule has 5 heteroatoms. The average molecular weight is 229 g/mol. The molecular weight excluding hydrogens is 216 g/mol. The second kappa shape index (κ2) is 5.10. The summed E-state index contributed by atoms with van der Waals surface area (Å²) in [5.41, 5.74) is 0.0795. The molecule has 16 heavy (non-hydrogen) atoms. The Morgan fingerprint density at radius 3 is 2.50 bits per heavy atom. The van der Waals surface area contributed by atoms with Gasteiger partial charge in [0.25, 0.3) is 0 Å². The molecule has 0 aliphatic heterocycles. The van der Waals surface area contributed by atoms with E-state index in [0.717, 1.165) is 11.6 Å². The van der Waals surface area contributed by atoms with E-state index in [4.69, 9.17) is 4.74 Å². The lowest BCUT2D eigenvalue weighted by atomic mass is 9.79. The van der Waals surface area contributed by atoms with Crippen molar-refractivity contribution in [3.8, 4) is 5.75 Å². The van der Waals surface area contributed by atoms with Crippen molar-refractivity contribution in [1.82, 2.24) is 0 Å². The lowest BCUT2D eigenvalue weighted by Gasteiger charge is -2.19. The zero-order valence-corrected chi connectivity index (χ0v) is 9.05. The van der Waals surface area contributed by atoms with Gasteiger partial charge in [-0.3, -0.25) is 0 Å². The number of halogens is 3. The summed E-state index contributed by atoms with van der Waals surface area (Å²) in [4.78, 5) is 0. The SMILES string of the molecule is C=C(CC)COc1ccccc1[B-](F)(F)F. The van der Waals surface area contributed by atoms with Crippen molar-refractivity contribution < 1.29 is 17.7 Å². The lowest BCUT2D eigenvalue weighted by Crippen LogP contribution is -2.35. The van der Waals surface area contributed by atoms with E-state index in [0.29, 0.717) is 6.42 Å². The topological polar surface area (TPSA) is 9.23 Å². The van der Waals surface area contributed by atoms with Crippen LogP contribution < -0.4 is 10.2 Å². The van der Waals surface area contributed by atoms with Gasteiger partial charge in [0, 0.05) is 0 Å². The van der Waals surface area contributed by atoms with Gasteiger partial charge in [-0.2, -0.15) is 0 Å². The van der Waals surface area contributed by atoms with Crippen LogP contribution in [0.1, 0.15) is 13.3 Å². The zero-order chi connectivity index (χ0) is 12.2. The normalized spacial score (nSPS) is 11.2. The van der Waals surface area contributed by atoms with Gasteiger partial charge in [0.15, 0.2) is 0 Å². The highest BCUT2D eigenvalue weighted by Gasteiger charge is 2.28. The van der Waals surface area contributed by atoms with E-state index in [2.05, 4.69) is 6.58 Å². The van der Waals surface area contributed by atoms with Gasteiger partial charge in [0.1, 0.15) is 6.61 Å².